The third-order valence-corrected chi connectivity index (χ3v) is 4.68. The van der Waals surface area contributed by atoms with Crippen LogP contribution in [0.5, 0.6) is 0 Å². The molecule has 4 unspecified atom stereocenters. The second-order valence-electron chi connectivity index (χ2n) is 4.92. The Morgan fingerprint density at radius 3 is 2.00 bits per heavy atom. The molecule has 74 valence electrons. The van der Waals surface area contributed by atoms with Crippen LogP contribution in [0.25, 0.3) is 0 Å². The molecule has 0 aromatic rings. The second kappa shape index (κ2) is 1.95. The molecule has 1 saturated heterocycles. The number of hydrogen-bond donors (Lipinski definition) is 0. The number of hydrogen-bond acceptors (Lipinski definition) is 3. The number of cyclic esters (lactones) is 2. The summed E-state index contributed by atoms with van der Waals surface area (Å²) in [6.07, 6.45) is 5.05. The Hall–Kier alpha value is -1.12. The highest BCUT2D eigenvalue weighted by Crippen LogP contribution is 2.67. The predicted molar refractivity (Wildman–Crippen MR) is 48.1 cm³/mol. The van der Waals surface area contributed by atoms with Crippen LogP contribution in [-0.2, 0) is 14.3 Å². The minimum atomic E-state index is -0.608. The number of carbonyl (C=O) groups is 2. The Balaban J connectivity index is 2.26. The normalized spacial score (nSPS) is 53.9. The summed E-state index contributed by atoms with van der Waals surface area (Å²) >= 11 is 0. The fraction of sp³-hybridized carbons (Fsp3) is 0.636. The lowest BCUT2D eigenvalue weighted by molar-refractivity contribution is -0.156. The maximum Gasteiger partial charge on any atom is 0.321 e. The molecular formula is C11H12O3. The Labute approximate surface area is 82.1 Å². The zero-order valence-electron chi connectivity index (χ0n) is 8.24. The summed E-state index contributed by atoms with van der Waals surface area (Å²) in [5.41, 5.74) is -1.22. The molecule has 1 heterocycles. The van der Waals surface area contributed by atoms with E-state index in [0.29, 0.717) is 0 Å². The largest absolute Gasteiger partial charge is 0.392 e. The van der Waals surface area contributed by atoms with E-state index in [4.69, 9.17) is 4.74 Å². The number of rotatable bonds is 0. The van der Waals surface area contributed by atoms with Crippen LogP contribution >= 0.6 is 0 Å². The predicted octanol–water partition coefficient (Wildman–Crippen LogP) is 1.29. The summed E-state index contributed by atoms with van der Waals surface area (Å²) in [6.45, 7) is 3.74. The van der Waals surface area contributed by atoms with Crippen molar-refractivity contribution in [1.29, 1.82) is 0 Å². The summed E-state index contributed by atoms with van der Waals surface area (Å²) in [6, 6.07) is 0. The molecule has 3 nitrogen and oxygen atoms in total. The average Bonchev–Trinajstić information content (AvgIpc) is 2.73. The molecule has 1 aliphatic heterocycles. The molecule has 3 aliphatic rings. The summed E-state index contributed by atoms with van der Waals surface area (Å²) < 4.78 is 4.80. The molecule has 1 saturated carbocycles. The number of allylic oxidation sites excluding steroid dienone is 2. The van der Waals surface area contributed by atoms with Gasteiger partial charge in [0.1, 0.15) is 0 Å². The smallest absolute Gasteiger partial charge is 0.321 e. The van der Waals surface area contributed by atoms with Crippen LogP contribution in [0.1, 0.15) is 20.3 Å². The third-order valence-electron chi connectivity index (χ3n) is 4.68. The van der Waals surface area contributed by atoms with E-state index in [1.165, 1.54) is 0 Å². The van der Waals surface area contributed by atoms with Gasteiger partial charge in [-0.1, -0.05) is 12.2 Å². The number of ether oxygens (including phenoxy) is 1. The van der Waals surface area contributed by atoms with Crippen molar-refractivity contribution in [3.63, 3.8) is 0 Å². The highest BCUT2D eigenvalue weighted by Gasteiger charge is 2.73. The van der Waals surface area contributed by atoms with Crippen LogP contribution in [0.2, 0.25) is 0 Å². The number of carbonyl (C=O) groups excluding carboxylic acids is 2. The standard InChI is InChI=1S/C11H12O3/c1-10-6-3-4-7(5-6)11(10,2)9(13)14-8(10)12/h3-4,6-7H,5H2,1-2H3. The number of esters is 2. The highest BCUT2D eigenvalue weighted by molar-refractivity contribution is 6.03. The van der Waals surface area contributed by atoms with E-state index < -0.39 is 10.8 Å². The van der Waals surface area contributed by atoms with Crippen molar-refractivity contribution in [2.24, 2.45) is 22.7 Å². The van der Waals surface area contributed by atoms with Crippen LogP contribution in [0, 0.1) is 22.7 Å². The van der Waals surface area contributed by atoms with Crippen molar-refractivity contribution >= 4 is 11.9 Å². The molecule has 3 heteroatoms. The van der Waals surface area contributed by atoms with Gasteiger partial charge in [0.2, 0.25) is 0 Å². The molecule has 3 rings (SSSR count). The molecule has 0 amide bonds. The first kappa shape index (κ1) is 8.21. The van der Waals surface area contributed by atoms with Crippen molar-refractivity contribution in [2.75, 3.05) is 0 Å². The molecule has 0 spiro atoms. The van der Waals surface area contributed by atoms with E-state index in [0.717, 1.165) is 6.42 Å². The average molecular weight is 192 g/mol. The van der Waals surface area contributed by atoms with Crippen molar-refractivity contribution < 1.29 is 14.3 Å². The molecule has 2 fully saturated rings. The maximum atomic E-state index is 11.7. The van der Waals surface area contributed by atoms with Crippen LogP contribution in [0.4, 0.5) is 0 Å². The van der Waals surface area contributed by atoms with Crippen molar-refractivity contribution in [3.8, 4) is 0 Å². The Morgan fingerprint density at radius 1 is 1.14 bits per heavy atom. The highest BCUT2D eigenvalue weighted by atomic mass is 16.6. The first-order valence-corrected chi connectivity index (χ1v) is 4.96. The van der Waals surface area contributed by atoms with E-state index in [1.807, 2.05) is 13.8 Å². The third kappa shape index (κ3) is 0.527. The van der Waals surface area contributed by atoms with Crippen LogP contribution in [0.15, 0.2) is 12.2 Å². The Morgan fingerprint density at radius 2 is 1.57 bits per heavy atom. The lowest BCUT2D eigenvalue weighted by atomic mass is 9.61. The van der Waals surface area contributed by atoms with Gasteiger partial charge in [0.25, 0.3) is 0 Å². The van der Waals surface area contributed by atoms with Gasteiger partial charge in [-0.15, -0.1) is 0 Å². The molecule has 14 heavy (non-hydrogen) atoms. The Bertz CT molecular complexity index is 350. The van der Waals surface area contributed by atoms with Crippen molar-refractivity contribution in [3.05, 3.63) is 12.2 Å². The minimum Gasteiger partial charge on any atom is -0.392 e. The Kier molecular flexibility index (Phi) is 1.14. The van der Waals surface area contributed by atoms with Gasteiger partial charge in [-0.25, -0.2) is 0 Å². The van der Waals surface area contributed by atoms with E-state index in [1.54, 1.807) is 0 Å². The molecule has 2 aliphatic carbocycles. The van der Waals surface area contributed by atoms with Gasteiger partial charge >= 0.3 is 11.9 Å². The first-order valence-electron chi connectivity index (χ1n) is 4.96. The van der Waals surface area contributed by atoms with Crippen molar-refractivity contribution in [1.82, 2.24) is 0 Å². The fourth-order valence-corrected chi connectivity index (χ4v) is 3.35. The lowest BCUT2D eigenvalue weighted by Gasteiger charge is -2.35. The lowest BCUT2D eigenvalue weighted by Crippen LogP contribution is -2.43. The molecule has 4 atom stereocenters. The van der Waals surface area contributed by atoms with E-state index in [-0.39, 0.29) is 23.8 Å². The molecule has 2 bridgehead atoms. The zero-order valence-corrected chi connectivity index (χ0v) is 8.24. The van der Waals surface area contributed by atoms with E-state index in [9.17, 15) is 9.59 Å². The van der Waals surface area contributed by atoms with Crippen LogP contribution in [0.3, 0.4) is 0 Å². The van der Waals surface area contributed by atoms with Gasteiger partial charge in [0.05, 0.1) is 10.8 Å². The van der Waals surface area contributed by atoms with E-state index >= 15 is 0 Å². The van der Waals surface area contributed by atoms with Crippen LogP contribution in [-0.4, -0.2) is 11.9 Å². The molecule has 0 N–H and O–H groups in total. The SMILES string of the molecule is CC12C(=O)OC(=O)C1(C)C1C=CC2C1. The summed E-state index contributed by atoms with van der Waals surface area (Å²) in [5.74, 6) is -0.281. The molecule has 0 aromatic heterocycles. The van der Waals surface area contributed by atoms with Crippen LogP contribution < -0.4 is 0 Å². The van der Waals surface area contributed by atoms with Gasteiger partial charge in [-0.2, -0.15) is 0 Å². The molecule has 0 radical (unpaired) electrons. The van der Waals surface area contributed by atoms with E-state index in [2.05, 4.69) is 12.2 Å². The minimum absolute atomic E-state index is 0.191. The molecule has 0 aromatic carbocycles. The van der Waals surface area contributed by atoms with Gasteiger partial charge in [0, 0.05) is 0 Å². The second-order valence-corrected chi connectivity index (χ2v) is 4.92. The van der Waals surface area contributed by atoms with Gasteiger partial charge in [-0.05, 0) is 32.1 Å². The summed E-state index contributed by atoms with van der Waals surface area (Å²) in [7, 11) is 0. The van der Waals surface area contributed by atoms with Gasteiger partial charge < -0.3 is 4.74 Å². The summed E-state index contributed by atoms with van der Waals surface area (Å²) in [4.78, 5) is 23.4. The first-order chi connectivity index (χ1) is 6.51. The summed E-state index contributed by atoms with van der Waals surface area (Å²) in [5, 5.41) is 0. The van der Waals surface area contributed by atoms with Gasteiger partial charge in [0.15, 0.2) is 0 Å². The monoisotopic (exact) mass is 192 g/mol. The zero-order chi connectivity index (χ0) is 10.1. The quantitative estimate of drug-likeness (QED) is 0.330. The fourth-order valence-electron chi connectivity index (χ4n) is 3.35. The topological polar surface area (TPSA) is 43.4 Å². The maximum absolute atomic E-state index is 11.7. The molecular weight excluding hydrogens is 180 g/mol. The van der Waals surface area contributed by atoms with Crippen molar-refractivity contribution in [2.45, 2.75) is 20.3 Å². The number of fused-ring (bicyclic) bond motifs is 5. The van der Waals surface area contributed by atoms with Gasteiger partial charge in [-0.3, -0.25) is 9.59 Å².